The molecule has 0 saturated carbocycles. The summed E-state index contributed by atoms with van der Waals surface area (Å²) in [5.74, 6) is 0. The zero-order chi connectivity index (χ0) is 7.84. The van der Waals surface area contributed by atoms with Crippen LogP contribution in [0.25, 0.3) is 5.65 Å². The lowest BCUT2D eigenvalue weighted by Gasteiger charge is -2.13. The summed E-state index contributed by atoms with van der Waals surface area (Å²) in [6.07, 6.45) is 6.11. The smallest absolute Gasteiger partial charge is 0.135 e. The van der Waals surface area contributed by atoms with Crippen molar-refractivity contribution in [1.29, 1.82) is 0 Å². The molecule has 0 aromatic carbocycles. The van der Waals surface area contributed by atoms with Crippen molar-refractivity contribution in [3.05, 3.63) is 30.7 Å². The van der Waals surface area contributed by atoms with E-state index in [0.717, 1.165) is 0 Å². The molecule has 0 fully saturated rings. The Labute approximate surface area is 65.4 Å². The third-order valence-corrected chi connectivity index (χ3v) is 1.79. The topological polar surface area (TPSA) is 12.6 Å². The fourth-order valence-electron chi connectivity index (χ4n) is 1.25. The van der Waals surface area contributed by atoms with Crippen LogP contribution in [0.5, 0.6) is 0 Å². The van der Waals surface area contributed by atoms with E-state index in [-0.39, 0.29) is 0 Å². The highest BCUT2D eigenvalue weighted by Gasteiger charge is 1.98. The molecular weight excluding hydrogens is 138 g/mol. The van der Waals surface area contributed by atoms with Gasteiger partial charge in [-0.15, -0.1) is 0 Å². The Kier molecular flexibility index (Phi) is 1.18. The van der Waals surface area contributed by atoms with Crippen LogP contribution in [0.15, 0.2) is 30.7 Å². The first-order valence-corrected chi connectivity index (χ1v) is 3.60. The van der Waals surface area contributed by atoms with E-state index in [1.54, 1.807) is 0 Å². The summed E-state index contributed by atoms with van der Waals surface area (Å²) < 4.78 is 4.17. The monoisotopic (exact) mass is 149 g/mol. The molecule has 0 aliphatic carbocycles. The predicted molar refractivity (Wildman–Crippen MR) is 45.5 cm³/mol. The number of rotatable bonds is 1. The zero-order valence-corrected chi connectivity index (χ0v) is 6.73. The Morgan fingerprint density at radius 2 is 2.00 bits per heavy atom. The van der Waals surface area contributed by atoms with Crippen molar-refractivity contribution in [3.63, 3.8) is 0 Å². The highest BCUT2D eigenvalue weighted by Crippen LogP contribution is 2.04. The Morgan fingerprint density at radius 1 is 1.18 bits per heavy atom. The largest absolute Gasteiger partial charge is 0.318 e. The van der Waals surface area contributed by atoms with Crippen molar-refractivity contribution < 1.29 is 0 Å². The summed E-state index contributed by atoms with van der Waals surface area (Å²) >= 11 is 0. The molecule has 0 spiro atoms. The van der Waals surface area contributed by atoms with E-state index in [9.17, 15) is 0 Å². The maximum Gasteiger partial charge on any atom is 0.135 e. The molecule has 0 amide bonds. The first kappa shape index (κ1) is 6.34. The van der Waals surface area contributed by atoms with Crippen molar-refractivity contribution in [2.45, 2.75) is 0 Å². The third kappa shape index (κ3) is 0.808. The van der Waals surface area contributed by atoms with Crippen molar-refractivity contribution in [2.24, 2.45) is 0 Å². The van der Waals surface area contributed by atoms with Crippen molar-refractivity contribution >= 4 is 5.65 Å². The third-order valence-electron chi connectivity index (χ3n) is 1.79. The molecule has 2 rings (SSSR count). The molecule has 2 heterocycles. The minimum atomic E-state index is 1.19. The van der Waals surface area contributed by atoms with Gasteiger partial charge in [-0.1, -0.05) is 0 Å². The Bertz CT molecular complexity index is 356. The van der Waals surface area contributed by atoms with Gasteiger partial charge in [0.2, 0.25) is 0 Å². The summed E-state index contributed by atoms with van der Waals surface area (Å²) in [7, 11) is 4.04. The van der Waals surface area contributed by atoms with Gasteiger partial charge in [0.15, 0.2) is 0 Å². The maximum absolute atomic E-state index is 2.08. The van der Waals surface area contributed by atoms with Crippen LogP contribution in [0.2, 0.25) is 0 Å². The summed E-state index contributed by atoms with van der Waals surface area (Å²) in [6, 6.07) is 4.12. The zero-order valence-electron chi connectivity index (χ0n) is 6.73. The van der Waals surface area contributed by atoms with Crippen LogP contribution in [0.4, 0.5) is 0 Å². The van der Waals surface area contributed by atoms with E-state index in [2.05, 4.69) is 15.1 Å². The molecule has 0 unspecified atom stereocenters. The van der Waals surface area contributed by atoms with Crippen molar-refractivity contribution in [3.8, 4) is 0 Å². The molecule has 2 aromatic heterocycles. The summed E-state index contributed by atoms with van der Waals surface area (Å²) in [6.45, 7) is 0. The summed E-state index contributed by atoms with van der Waals surface area (Å²) in [5, 5.41) is 2.04. The van der Waals surface area contributed by atoms with Gasteiger partial charge in [0, 0.05) is 32.7 Å². The molecule has 3 nitrogen and oxygen atoms in total. The van der Waals surface area contributed by atoms with Gasteiger partial charge in [-0.25, -0.2) is 4.68 Å². The molecule has 0 atom stereocenters. The number of aromatic nitrogens is 2. The van der Waals surface area contributed by atoms with Crippen molar-refractivity contribution in [2.75, 3.05) is 19.1 Å². The molecule has 0 aliphatic rings. The molecule has 0 bridgehead atoms. The lowest BCUT2D eigenvalue weighted by Crippen LogP contribution is -2.23. The van der Waals surface area contributed by atoms with E-state index in [1.807, 2.05) is 43.8 Å². The van der Waals surface area contributed by atoms with E-state index < -0.39 is 0 Å². The summed E-state index contributed by atoms with van der Waals surface area (Å²) in [4.78, 5) is 0. The minimum absolute atomic E-state index is 1.19. The second-order valence-corrected chi connectivity index (χ2v) is 2.76. The molecule has 3 heteroatoms. The van der Waals surface area contributed by atoms with Gasteiger partial charge in [0.05, 0.1) is 0 Å². The fourth-order valence-corrected chi connectivity index (χ4v) is 1.25. The number of fused-ring (bicyclic) bond motifs is 1. The van der Waals surface area contributed by atoms with Crippen LogP contribution >= 0.6 is 0 Å². The normalized spacial score (nSPS) is 10.7. The number of hydrogen-bond donors (Lipinski definition) is 0. The van der Waals surface area contributed by atoms with Gasteiger partial charge in [-0.05, 0) is 12.1 Å². The first-order valence-electron chi connectivity index (χ1n) is 3.60. The molecule has 0 N–H and O–H groups in total. The second kappa shape index (κ2) is 2.05. The van der Waals surface area contributed by atoms with Gasteiger partial charge in [0.1, 0.15) is 5.65 Å². The van der Waals surface area contributed by atoms with Crippen molar-refractivity contribution in [1.82, 2.24) is 9.08 Å². The molecular formula is C8H11N3. The molecule has 58 valence electrons. The molecule has 0 radical (unpaired) electrons. The highest BCUT2D eigenvalue weighted by molar-refractivity contribution is 5.41. The minimum Gasteiger partial charge on any atom is -0.318 e. The Morgan fingerprint density at radius 3 is 2.73 bits per heavy atom. The molecule has 0 saturated heterocycles. The number of hydrogen-bond acceptors (Lipinski definition) is 1. The number of imidazole rings is 1. The summed E-state index contributed by atoms with van der Waals surface area (Å²) in [5.41, 5.74) is 1.19. The van der Waals surface area contributed by atoms with E-state index >= 15 is 0 Å². The average molecular weight is 149 g/mol. The predicted octanol–water partition coefficient (Wildman–Crippen LogP) is 0.938. The van der Waals surface area contributed by atoms with E-state index in [0.29, 0.717) is 0 Å². The van der Waals surface area contributed by atoms with Crippen LogP contribution in [-0.2, 0) is 0 Å². The maximum atomic E-state index is 2.08. The van der Waals surface area contributed by atoms with Crippen LogP contribution < -0.4 is 5.01 Å². The highest BCUT2D eigenvalue weighted by atomic mass is 15.5. The quantitative estimate of drug-likeness (QED) is 0.588. The average Bonchev–Trinajstić information content (AvgIpc) is 2.41. The van der Waals surface area contributed by atoms with Crippen LogP contribution in [0, 0.1) is 0 Å². The fraction of sp³-hybridized carbons (Fsp3) is 0.250. The number of nitrogens with zero attached hydrogens (tertiary/aromatic N) is 3. The van der Waals surface area contributed by atoms with Gasteiger partial charge >= 0.3 is 0 Å². The molecule has 11 heavy (non-hydrogen) atoms. The van der Waals surface area contributed by atoms with Crippen LogP contribution in [0.3, 0.4) is 0 Å². The Balaban J connectivity index is 2.68. The van der Waals surface area contributed by atoms with Crippen LogP contribution in [-0.4, -0.2) is 23.2 Å². The lowest BCUT2D eigenvalue weighted by atomic mass is 10.6. The van der Waals surface area contributed by atoms with E-state index in [1.165, 1.54) is 5.65 Å². The first-order chi connectivity index (χ1) is 5.29. The Hall–Kier alpha value is -1.38. The van der Waals surface area contributed by atoms with Gasteiger partial charge in [0.25, 0.3) is 0 Å². The lowest BCUT2D eigenvalue weighted by molar-refractivity contribution is 0.757. The second-order valence-electron chi connectivity index (χ2n) is 2.76. The van der Waals surface area contributed by atoms with Gasteiger partial charge < -0.3 is 9.41 Å². The molecule has 2 aromatic rings. The van der Waals surface area contributed by atoms with Gasteiger partial charge in [-0.2, -0.15) is 0 Å². The SMILES string of the molecule is CN(C)n1ccn2cccc12. The standard InChI is InChI=1S/C8H11N3/c1-9(2)11-7-6-10-5-3-4-8(10)11/h3-7H,1-2H3. The van der Waals surface area contributed by atoms with Crippen LogP contribution in [0.1, 0.15) is 0 Å². The van der Waals surface area contributed by atoms with E-state index in [4.69, 9.17) is 0 Å². The molecule has 0 aliphatic heterocycles. The van der Waals surface area contributed by atoms with Gasteiger partial charge in [-0.3, -0.25) is 0 Å².